The van der Waals surface area contributed by atoms with Crippen LogP contribution in [0.2, 0.25) is 10.0 Å². The molecule has 0 bridgehead atoms. The van der Waals surface area contributed by atoms with E-state index in [9.17, 15) is 9.59 Å². The lowest BCUT2D eigenvalue weighted by molar-refractivity contribution is 0.102. The van der Waals surface area contributed by atoms with E-state index in [4.69, 9.17) is 23.2 Å². The van der Waals surface area contributed by atoms with E-state index >= 15 is 0 Å². The van der Waals surface area contributed by atoms with E-state index < -0.39 is 0 Å². The molecule has 0 aliphatic rings. The number of hydrogen-bond acceptors (Lipinski definition) is 2. The van der Waals surface area contributed by atoms with Crippen LogP contribution >= 0.6 is 23.2 Å². The van der Waals surface area contributed by atoms with Crippen molar-refractivity contribution >= 4 is 34.8 Å². The largest absolute Gasteiger partial charge is 0.322 e. The molecule has 0 fully saturated rings. The summed E-state index contributed by atoms with van der Waals surface area (Å²) in [6.45, 7) is 0.294. The smallest absolute Gasteiger partial charge is 0.269 e. The third-order valence-electron chi connectivity index (χ3n) is 3.60. The zero-order chi connectivity index (χ0) is 17.8. The van der Waals surface area contributed by atoms with E-state index in [1.807, 2.05) is 30.3 Å². The first kappa shape index (κ1) is 17.3. The van der Waals surface area contributed by atoms with Crippen LogP contribution in [0.5, 0.6) is 0 Å². The highest BCUT2D eigenvalue weighted by atomic mass is 35.5. The highest BCUT2D eigenvalue weighted by Gasteiger charge is 2.12. The van der Waals surface area contributed by atoms with E-state index in [2.05, 4.69) is 5.32 Å². The Hall–Kier alpha value is -2.56. The molecule has 1 heterocycles. The number of amides is 1. The minimum absolute atomic E-state index is 0.00493. The number of nitrogens with one attached hydrogen (secondary N) is 1. The fraction of sp³-hybridized carbons (Fsp3) is 0.0526. The third-order valence-corrected chi connectivity index (χ3v) is 4.13. The lowest BCUT2D eigenvalue weighted by Gasteiger charge is -2.10. The maximum atomic E-state index is 12.4. The molecule has 0 radical (unpaired) electrons. The van der Waals surface area contributed by atoms with Gasteiger partial charge in [-0.05, 0) is 35.9 Å². The van der Waals surface area contributed by atoms with Gasteiger partial charge in [-0.2, -0.15) is 0 Å². The zero-order valence-corrected chi connectivity index (χ0v) is 14.6. The topological polar surface area (TPSA) is 51.1 Å². The fourth-order valence-corrected chi connectivity index (χ4v) is 2.70. The van der Waals surface area contributed by atoms with Gasteiger partial charge in [0.15, 0.2) is 0 Å². The second kappa shape index (κ2) is 7.55. The van der Waals surface area contributed by atoms with Crippen LogP contribution in [0.3, 0.4) is 0 Å². The summed E-state index contributed by atoms with van der Waals surface area (Å²) in [5.41, 5.74) is 1.50. The quantitative estimate of drug-likeness (QED) is 0.734. The van der Waals surface area contributed by atoms with Gasteiger partial charge in [-0.25, -0.2) is 0 Å². The Labute approximate surface area is 154 Å². The van der Waals surface area contributed by atoms with Gasteiger partial charge < -0.3 is 9.88 Å². The van der Waals surface area contributed by atoms with E-state index in [0.29, 0.717) is 22.8 Å². The van der Waals surface area contributed by atoms with Crippen LogP contribution < -0.4 is 10.9 Å². The van der Waals surface area contributed by atoms with E-state index in [1.165, 1.54) is 16.8 Å². The third kappa shape index (κ3) is 4.29. The van der Waals surface area contributed by atoms with Gasteiger partial charge in [-0.1, -0.05) is 53.5 Å². The summed E-state index contributed by atoms with van der Waals surface area (Å²) in [4.78, 5) is 24.7. The van der Waals surface area contributed by atoms with Crippen molar-refractivity contribution < 1.29 is 4.79 Å². The van der Waals surface area contributed by atoms with Crippen molar-refractivity contribution in [1.29, 1.82) is 0 Å². The molecule has 25 heavy (non-hydrogen) atoms. The minimum Gasteiger partial charge on any atom is -0.322 e. The number of halogens is 2. The summed E-state index contributed by atoms with van der Waals surface area (Å²) in [5.74, 6) is -0.335. The zero-order valence-electron chi connectivity index (χ0n) is 13.1. The second-order valence-electron chi connectivity index (χ2n) is 5.46. The van der Waals surface area contributed by atoms with Crippen molar-refractivity contribution in [1.82, 2.24) is 4.57 Å². The molecule has 1 amide bonds. The van der Waals surface area contributed by atoms with E-state index in [0.717, 1.165) is 5.56 Å². The van der Waals surface area contributed by atoms with Crippen molar-refractivity contribution in [3.8, 4) is 0 Å². The summed E-state index contributed by atoms with van der Waals surface area (Å²) in [6, 6.07) is 17.6. The fourth-order valence-electron chi connectivity index (χ4n) is 2.35. The number of anilines is 1. The molecule has 0 spiro atoms. The van der Waals surface area contributed by atoms with Crippen molar-refractivity contribution in [2.24, 2.45) is 0 Å². The first-order chi connectivity index (χ1) is 12.0. The summed E-state index contributed by atoms with van der Waals surface area (Å²) in [5, 5.41) is 3.38. The average molecular weight is 373 g/mol. The number of carbonyl (C=O) groups excluding carboxylic acids is 1. The molecule has 0 saturated heterocycles. The van der Waals surface area contributed by atoms with Crippen LogP contribution in [0.15, 0.2) is 71.7 Å². The van der Waals surface area contributed by atoms with Crippen LogP contribution in [0.4, 0.5) is 5.69 Å². The maximum absolute atomic E-state index is 12.4. The van der Waals surface area contributed by atoms with Gasteiger partial charge in [0.05, 0.1) is 12.1 Å². The molecule has 126 valence electrons. The van der Waals surface area contributed by atoms with Gasteiger partial charge in [-0.3, -0.25) is 9.59 Å². The molecular weight excluding hydrogens is 359 g/mol. The number of pyridine rings is 1. The van der Waals surface area contributed by atoms with Crippen LogP contribution in [0, 0.1) is 0 Å². The SMILES string of the molecule is O=C(Nc1ccccc1)c1cc(Cl)c(=O)n(Cc2ccc(Cl)cc2)c1. The summed E-state index contributed by atoms with van der Waals surface area (Å²) < 4.78 is 1.41. The van der Waals surface area contributed by atoms with Crippen LogP contribution in [0.25, 0.3) is 0 Å². The van der Waals surface area contributed by atoms with Gasteiger partial charge in [0, 0.05) is 16.9 Å². The lowest BCUT2D eigenvalue weighted by Crippen LogP contribution is -2.24. The summed E-state index contributed by atoms with van der Waals surface area (Å²) in [7, 11) is 0. The number of hydrogen-bond donors (Lipinski definition) is 1. The maximum Gasteiger partial charge on any atom is 0.269 e. The Morgan fingerprint density at radius 1 is 1.00 bits per heavy atom. The molecule has 4 nitrogen and oxygen atoms in total. The first-order valence-corrected chi connectivity index (χ1v) is 8.29. The van der Waals surface area contributed by atoms with Gasteiger partial charge in [0.2, 0.25) is 0 Å². The number of carbonyl (C=O) groups is 1. The van der Waals surface area contributed by atoms with Crippen molar-refractivity contribution in [3.63, 3.8) is 0 Å². The van der Waals surface area contributed by atoms with Gasteiger partial charge in [0.1, 0.15) is 5.02 Å². The van der Waals surface area contributed by atoms with Crippen LogP contribution in [-0.2, 0) is 6.54 Å². The van der Waals surface area contributed by atoms with Crippen LogP contribution in [0.1, 0.15) is 15.9 Å². The minimum atomic E-state index is -0.354. The monoisotopic (exact) mass is 372 g/mol. The molecule has 0 saturated carbocycles. The second-order valence-corrected chi connectivity index (χ2v) is 6.30. The number of nitrogens with zero attached hydrogens (tertiary/aromatic N) is 1. The van der Waals surface area contributed by atoms with Gasteiger partial charge in [-0.15, -0.1) is 0 Å². The highest BCUT2D eigenvalue weighted by molar-refractivity contribution is 6.31. The highest BCUT2D eigenvalue weighted by Crippen LogP contribution is 2.13. The molecule has 1 N–H and O–H groups in total. The van der Waals surface area contributed by atoms with Crippen molar-refractivity contribution in [3.05, 3.63) is 98.4 Å². The van der Waals surface area contributed by atoms with Gasteiger partial charge >= 0.3 is 0 Å². The molecule has 3 rings (SSSR count). The molecule has 2 aromatic carbocycles. The van der Waals surface area contributed by atoms with Crippen molar-refractivity contribution in [2.45, 2.75) is 6.54 Å². The molecule has 3 aromatic rings. The normalized spacial score (nSPS) is 10.5. The Morgan fingerprint density at radius 2 is 1.68 bits per heavy atom. The number of benzene rings is 2. The molecule has 0 atom stereocenters. The van der Waals surface area contributed by atoms with E-state index in [1.54, 1.807) is 24.3 Å². The summed E-state index contributed by atoms with van der Waals surface area (Å²) in [6.07, 6.45) is 1.50. The number of rotatable bonds is 4. The molecule has 1 aromatic heterocycles. The standard InChI is InChI=1S/C19H14Cl2N2O2/c20-15-8-6-13(7-9-15)11-23-12-14(10-17(21)19(23)25)18(24)22-16-4-2-1-3-5-16/h1-10,12H,11H2,(H,22,24). The predicted molar refractivity (Wildman–Crippen MR) is 101 cm³/mol. The molecule has 6 heteroatoms. The predicted octanol–water partition coefficient (Wildman–Crippen LogP) is 4.46. The number of aromatic nitrogens is 1. The molecule has 0 unspecified atom stereocenters. The van der Waals surface area contributed by atoms with Gasteiger partial charge in [0.25, 0.3) is 11.5 Å². The van der Waals surface area contributed by atoms with Crippen LogP contribution in [-0.4, -0.2) is 10.5 Å². The summed E-state index contributed by atoms with van der Waals surface area (Å²) >= 11 is 11.9. The Morgan fingerprint density at radius 3 is 2.36 bits per heavy atom. The first-order valence-electron chi connectivity index (χ1n) is 7.54. The molecule has 0 aliphatic heterocycles. The average Bonchev–Trinajstić information content (AvgIpc) is 2.61. The lowest BCUT2D eigenvalue weighted by atomic mass is 10.2. The molecular formula is C19H14Cl2N2O2. The van der Waals surface area contributed by atoms with Crippen molar-refractivity contribution in [2.75, 3.05) is 5.32 Å². The number of para-hydroxylation sites is 1. The van der Waals surface area contributed by atoms with E-state index in [-0.39, 0.29) is 16.5 Å². The Bertz CT molecular complexity index is 951. The Balaban J connectivity index is 1.88. The Kier molecular flexibility index (Phi) is 5.22. The molecule has 0 aliphatic carbocycles.